The van der Waals surface area contributed by atoms with Crippen molar-refractivity contribution in [3.8, 4) is 17.2 Å². The summed E-state index contributed by atoms with van der Waals surface area (Å²) in [7, 11) is 3.29. The van der Waals surface area contributed by atoms with Crippen LogP contribution >= 0.6 is 0 Å². The molecule has 0 aromatic heterocycles. The maximum atomic E-state index is 5.85. The molecule has 1 aromatic carbocycles. The Morgan fingerprint density at radius 1 is 1.00 bits per heavy atom. The van der Waals surface area contributed by atoms with Crippen LogP contribution in [-0.4, -0.2) is 45.4 Å². The molecule has 4 nitrogen and oxygen atoms in total. The van der Waals surface area contributed by atoms with Crippen LogP contribution < -0.4 is 14.2 Å². The molecule has 0 radical (unpaired) electrons. The number of nitrogens with zero attached hydrogens (tertiary/aromatic N) is 1. The van der Waals surface area contributed by atoms with Gasteiger partial charge < -0.3 is 19.1 Å². The molecule has 4 heteroatoms. The summed E-state index contributed by atoms with van der Waals surface area (Å²) in [6, 6.07) is 3.91. The molecule has 19 heavy (non-hydrogen) atoms. The first-order valence-electron chi connectivity index (χ1n) is 6.74. The van der Waals surface area contributed by atoms with Gasteiger partial charge in [-0.2, -0.15) is 0 Å². The fraction of sp³-hybridized carbons (Fsp3) is 0.600. The van der Waals surface area contributed by atoms with E-state index in [4.69, 9.17) is 14.2 Å². The van der Waals surface area contributed by atoms with Crippen molar-refractivity contribution in [2.24, 2.45) is 0 Å². The molecule has 1 rings (SSSR count). The third kappa shape index (κ3) is 4.31. The van der Waals surface area contributed by atoms with Crippen molar-refractivity contribution in [2.75, 3.05) is 40.5 Å². The molecule has 0 heterocycles. The summed E-state index contributed by atoms with van der Waals surface area (Å²) >= 11 is 0. The van der Waals surface area contributed by atoms with E-state index in [0.29, 0.717) is 12.4 Å². The van der Waals surface area contributed by atoms with Gasteiger partial charge in [0.15, 0.2) is 11.5 Å². The molecule has 1 aromatic rings. The smallest absolute Gasteiger partial charge is 0.203 e. The molecule has 0 amide bonds. The summed E-state index contributed by atoms with van der Waals surface area (Å²) < 4.78 is 16.6. The zero-order valence-corrected chi connectivity index (χ0v) is 12.7. The number of hydrogen-bond donors (Lipinski definition) is 0. The Bertz CT molecular complexity index is 364. The highest BCUT2D eigenvalue weighted by molar-refractivity contribution is 5.53. The van der Waals surface area contributed by atoms with Gasteiger partial charge >= 0.3 is 0 Å². The summed E-state index contributed by atoms with van der Waals surface area (Å²) in [5, 5.41) is 0. The van der Waals surface area contributed by atoms with Crippen molar-refractivity contribution in [3.05, 3.63) is 17.7 Å². The number of likely N-dealkylation sites (N-methyl/N-ethyl adjacent to an activating group) is 1. The van der Waals surface area contributed by atoms with Crippen LogP contribution in [0.1, 0.15) is 19.4 Å². The lowest BCUT2D eigenvalue weighted by Gasteiger charge is -2.20. The third-order valence-corrected chi connectivity index (χ3v) is 3.15. The highest BCUT2D eigenvalue weighted by Crippen LogP contribution is 2.38. The van der Waals surface area contributed by atoms with Crippen LogP contribution in [-0.2, 0) is 0 Å². The maximum absolute atomic E-state index is 5.85. The largest absolute Gasteiger partial charge is 0.493 e. The number of methoxy groups -OCH3 is 2. The molecule has 0 spiro atoms. The van der Waals surface area contributed by atoms with E-state index in [-0.39, 0.29) is 0 Å². The average Bonchev–Trinajstić information content (AvgIpc) is 2.44. The Kier molecular flexibility index (Phi) is 6.50. The van der Waals surface area contributed by atoms with E-state index in [9.17, 15) is 0 Å². The first-order chi connectivity index (χ1) is 9.15. The van der Waals surface area contributed by atoms with Crippen LogP contribution in [0.2, 0.25) is 0 Å². The van der Waals surface area contributed by atoms with Gasteiger partial charge in [-0.3, -0.25) is 0 Å². The Morgan fingerprint density at radius 2 is 1.53 bits per heavy atom. The minimum Gasteiger partial charge on any atom is -0.493 e. The van der Waals surface area contributed by atoms with Gasteiger partial charge in [-0.15, -0.1) is 0 Å². The zero-order valence-electron chi connectivity index (χ0n) is 12.7. The highest BCUT2D eigenvalue weighted by atomic mass is 16.5. The van der Waals surface area contributed by atoms with E-state index in [1.807, 2.05) is 19.1 Å². The van der Waals surface area contributed by atoms with Gasteiger partial charge in [0.2, 0.25) is 5.75 Å². The number of hydrogen-bond acceptors (Lipinski definition) is 4. The average molecular weight is 267 g/mol. The van der Waals surface area contributed by atoms with Crippen LogP contribution in [0.3, 0.4) is 0 Å². The third-order valence-electron chi connectivity index (χ3n) is 3.15. The molecule has 0 aliphatic heterocycles. The van der Waals surface area contributed by atoms with Crippen LogP contribution in [0.25, 0.3) is 0 Å². The number of aryl methyl sites for hydroxylation is 1. The topological polar surface area (TPSA) is 30.9 Å². The molecule has 0 fully saturated rings. The van der Waals surface area contributed by atoms with Crippen molar-refractivity contribution < 1.29 is 14.2 Å². The molecule has 0 atom stereocenters. The number of rotatable bonds is 8. The second kappa shape index (κ2) is 7.89. The van der Waals surface area contributed by atoms with Crippen LogP contribution in [0.5, 0.6) is 17.2 Å². The van der Waals surface area contributed by atoms with Gasteiger partial charge in [0, 0.05) is 6.54 Å². The van der Waals surface area contributed by atoms with Crippen molar-refractivity contribution in [3.63, 3.8) is 0 Å². The van der Waals surface area contributed by atoms with Gasteiger partial charge in [-0.05, 0) is 37.7 Å². The molecule has 0 saturated carbocycles. The standard InChI is InChI=1S/C15H25NO3/c1-6-16(7-2)8-9-19-15-13(17-4)10-12(3)11-14(15)18-5/h10-11H,6-9H2,1-5H3. The predicted octanol–water partition coefficient (Wildman–Crippen LogP) is 2.73. The van der Waals surface area contributed by atoms with E-state index in [0.717, 1.165) is 36.7 Å². The summed E-state index contributed by atoms with van der Waals surface area (Å²) in [5.41, 5.74) is 1.09. The Morgan fingerprint density at radius 3 is 1.95 bits per heavy atom. The number of ether oxygens (including phenoxy) is 3. The summed E-state index contributed by atoms with van der Waals surface area (Å²) in [6.45, 7) is 9.88. The van der Waals surface area contributed by atoms with E-state index in [2.05, 4.69) is 18.7 Å². The van der Waals surface area contributed by atoms with Crippen molar-refractivity contribution in [1.29, 1.82) is 0 Å². The first kappa shape index (κ1) is 15.6. The normalized spacial score (nSPS) is 10.6. The fourth-order valence-corrected chi connectivity index (χ4v) is 1.97. The lowest BCUT2D eigenvalue weighted by atomic mass is 10.2. The van der Waals surface area contributed by atoms with Gasteiger partial charge in [0.1, 0.15) is 6.61 Å². The molecule has 0 saturated heterocycles. The number of benzene rings is 1. The molecule has 0 unspecified atom stereocenters. The van der Waals surface area contributed by atoms with E-state index >= 15 is 0 Å². The van der Waals surface area contributed by atoms with Gasteiger partial charge in [0.05, 0.1) is 14.2 Å². The van der Waals surface area contributed by atoms with E-state index in [1.165, 1.54) is 0 Å². The Hall–Kier alpha value is -1.42. The summed E-state index contributed by atoms with van der Waals surface area (Å²) in [6.07, 6.45) is 0. The van der Waals surface area contributed by atoms with Gasteiger partial charge in [-0.25, -0.2) is 0 Å². The second-order valence-corrected chi connectivity index (χ2v) is 4.37. The van der Waals surface area contributed by atoms with E-state index < -0.39 is 0 Å². The lowest BCUT2D eigenvalue weighted by molar-refractivity contribution is 0.211. The Labute approximate surface area is 116 Å². The van der Waals surface area contributed by atoms with Crippen LogP contribution in [0.15, 0.2) is 12.1 Å². The molecular formula is C15H25NO3. The SMILES string of the molecule is CCN(CC)CCOc1c(OC)cc(C)cc1OC. The van der Waals surface area contributed by atoms with Crippen LogP contribution in [0.4, 0.5) is 0 Å². The molecular weight excluding hydrogens is 242 g/mol. The molecule has 0 aliphatic rings. The van der Waals surface area contributed by atoms with Crippen molar-refractivity contribution in [2.45, 2.75) is 20.8 Å². The first-order valence-corrected chi connectivity index (χ1v) is 6.74. The van der Waals surface area contributed by atoms with Gasteiger partial charge in [0.25, 0.3) is 0 Å². The van der Waals surface area contributed by atoms with Crippen LogP contribution in [0, 0.1) is 6.92 Å². The summed E-state index contributed by atoms with van der Waals surface area (Å²) in [5.74, 6) is 2.12. The summed E-state index contributed by atoms with van der Waals surface area (Å²) in [4.78, 5) is 2.31. The fourth-order valence-electron chi connectivity index (χ4n) is 1.97. The minimum atomic E-state index is 0.622. The quantitative estimate of drug-likeness (QED) is 0.724. The monoisotopic (exact) mass is 267 g/mol. The van der Waals surface area contributed by atoms with Crippen molar-refractivity contribution in [1.82, 2.24) is 4.90 Å². The minimum absolute atomic E-state index is 0.622. The van der Waals surface area contributed by atoms with Gasteiger partial charge in [-0.1, -0.05) is 13.8 Å². The van der Waals surface area contributed by atoms with Crippen molar-refractivity contribution >= 4 is 0 Å². The zero-order chi connectivity index (χ0) is 14.3. The maximum Gasteiger partial charge on any atom is 0.203 e. The van der Waals surface area contributed by atoms with E-state index in [1.54, 1.807) is 14.2 Å². The molecule has 0 N–H and O–H groups in total. The Balaban J connectivity index is 2.76. The molecule has 0 bridgehead atoms. The highest BCUT2D eigenvalue weighted by Gasteiger charge is 2.13. The molecule has 108 valence electrons. The molecule has 0 aliphatic carbocycles. The predicted molar refractivity (Wildman–Crippen MR) is 77.6 cm³/mol. The lowest BCUT2D eigenvalue weighted by Crippen LogP contribution is -2.28. The second-order valence-electron chi connectivity index (χ2n) is 4.37.